The molecule has 3 unspecified atom stereocenters. The van der Waals surface area contributed by atoms with Gasteiger partial charge in [-0.2, -0.15) is 0 Å². The van der Waals surface area contributed by atoms with Crippen LogP contribution in [0.25, 0.3) is 0 Å². The van der Waals surface area contributed by atoms with E-state index in [9.17, 15) is 0 Å². The molecule has 0 bridgehead atoms. The number of morpholine rings is 2. The Kier molecular flexibility index (Phi) is 6.31. The van der Waals surface area contributed by atoms with Gasteiger partial charge in [0.1, 0.15) is 0 Å². The lowest BCUT2D eigenvalue weighted by molar-refractivity contribution is -0.0364. The summed E-state index contributed by atoms with van der Waals surface area (Å²) in [5, 5.41) is 0.0705. The molecule has 3 rings (SSSR count). The second-order valence-corrected chi connectivity index (χ2v) is 7.01. The molecule has 0 radical (unpaired) electrons. The van der Waals surface area contributed by atoms with E-state index in [0.29, 0.717) is 6.04 Å². The van der Waals surface area contributed by atoms with Crippen LogP contribution in [-0.4, -0.2) is 73.8 Å². The minimum absolute atomic E-state index is 0.0705. The van der Waals surface area contributed by atoms with E-state index in [0.717, 1.165) is 52.6 Å². The summed E-state index contributed by atoms with van der Waals surface area (Å²) in [6.07, 6.45) is 0. The zero-order valence-corrected chi connectivity index (χ0v) is 14.6. The zero-order chi connectivity index (χ0) is 16.1. The van der Waals surface area contributed by atoms with Crippen molar-refractivity contribution in [2.75, 3.05) is 52.6 Å². The molecule has 2 fully saturated rings. The average Bonchev–Trinajstić information content (AvgIpc) is 2.61. The second kappa shape index (κ2) is 8.45. The maximum atomic E-state index is 6.70. The smallest absolute Gasteiger partial charge is 0.0594 e. The molecule has 2 saturated heterocycles. The molecular formula is C18H27ClN2O2. The summed E-state index contributed by atoms with van der Waals surface area (Å²) >= 11 is 6.70. The maximum Gasteiger partial charge on any atom is 0.0594 e. The van der Waals surface area contributed by atoms with Gasteiger partial charge >= 0.3 is 0 Å². The number of rotatable bonds is 5. The van der Waals surface area contributed by atoms with Crippen molar-refractivity contribution in [1.82, 2.24) is 9.80 Å². The van der Waals surface area contributed by atoms with Gasteiger partial charge in [-0.25, -0.2) is 0 Å². The molecule has 4 nitrogen and oxygen atoms in total. The molecule has 2 aliphatic heterocycles. The predicted octanol–water partition coefficient (Wildman–Crippen LogP) is 2.39. The minimum Gasteiger partial charge on any atom is -0.379 e. The fourth-order valence-corrected chi connectivity index (χ4v) is 4.04. The van der Waals surface area contributed by atoms with Gasteiger partial charge in [0.2, 0.25) is 0 Å². The van der Waals surface area contributed by atoms with E-state index in [2.05, 4.69) is 47.1 Å². The third-order valence-electron chi connectivity index (χ3n) is 4.84. The second-order valence-electron chi connectivity index (χ2n) is 6.32. The summed E-state index contributed by atoms with van der Waals surface area (Å²) in [4.78, 5) is 5.05. The van der Waals surface area contributed by atoms with Crippen molar-refractivity contribution in [2.24, 2.45) is 0 Å². The maximum absolute atomic E-state index is 6.70. The molecule has 0 aliphatic carbocycles. The summed E-state index contributed by atoms with van der Waals surface area (Å²) < 4.78 is 11.1. The summed E-state index contributed by atoms with van der Waals surface area (Å²) in [7, 11) is 0. The van der Waals surface area contributed by atoms with Crippen LogP contribution in [0.4, 0.5) is 0 Å². The van der Waals surface area contributed by atoms with Gasteiger partial charge in [0, 0.05) is 37.6 Å². The lowest BCUT2D eigenvalue weighted by Crippen LogP contribution is -2.55. The molecular weight excluding hydrogens is 312 g/mol. The number of hydrogen-bond acceptors (Lipinski definition) is 4. The third-order valence-corrected chi connectivity index (χ3v) is 5.10. The van der Waals surface area contributed by atoms with E-state index in [1.54, 1.807) is 0 Å². The summed E-state index contributed by atoms with van der Waals surface area (Å²) in [5.74, 6) is 0. The topological polar surface area (TPSA) is 24.9 Å². The normalized spacial score (nSPS) is 25.0. The van der Waals surface area contributed by atoms with Crippen LogP contribution in [0.3, 0.4) is 0 Å². The van der Waals surface area contributed by atoms with Crippen molar-refractivity contribution < 1.29 is 9.47 Å². The number of benzene rings is 1. The lowest BCUT2D eigenvalue weighted by atomic mass is 9.93. The molecule has 2 heterocycles. The van der Waals surface area contributed by atoms with Gasteiger partial charge in [0.15, 0.2) is 0 Å². The number of alkyl halides is 1. The number of halogens is 1. The molecule has 5 heteroatoms. The number of nitrogens with zero attached hydrogens (tertiary/aromatic N) is 2. The van der Waals surface area contributed by atoms with Crippen LogP contribution < -0.4 is 0 Å². The van der Waals surface area contributed by atoms with Gasteiger partial charge in [0.25, 0.3) is 0 Å². The third kappa shape index (κ3) is 4.25. The Morgan fingerprint density at radius 2 is 1.39 bits per heavy atom. The van der Waals surface area contributed by atoms with E-state index in [1.165, 1.54) is 5.56 Å². The Bertz CT molecular complexity index is 459. The highest BCUT2D eigenvalue weighted by Crippen LogP contribution is 2.32. The molecule has 0 saturated carbocycles. The number of ether oxygens (including phenoxy) is 2. The van der Waals surface area contributed by atoms with Gasteiger partial charge in [-0.15, -0.1) is 11.6 Å². The van der Waals surface area contributed by atoms with Gasteiger partial charge in [-0.05, 0) is 12.5 Å². The van der Waals surface area contributed by atoms with Crippen molar-refractivity contribution in [1.29, 1.82) is 0 Å². The molecule has 3 atom stereocenters. The van der Waals surface area contributed by atoms with Gasteiger partial charge in [-0.1, -0.05) is 30.3 Å². The molecule has 1 aromatic rings. The molecule has 0 aromatic heterocycles. The zero-order valence-electron chi connectivity index (χ0n) is 13.9. The van der Waals surface area contributed by atoms with Crippen LogP contribution >= 0.6 is 11.6 Å². The van der Waals surface area contributed by atoms with E-state index in [-0.39, 0.29) is 11.4 Å². The minimum atomic E-state index is 0.0705. The molecule has 23 heavy (non-hydrogen) atoms. The molecule has 0 spiro atoms. The van der Waals surface area contributed by atoms with Crippen molar-refractivity contribution in [2.45, 2.75) is 24.4 Å². The Morgan fingerprint density at radius 1 is 0.870 bits per heavy atom. The highest BCUT2D eigenvalue weighted by Gasteiger charge is 2.37. The predicted molar refractivity (Wildman–Crippen MR) is 93.1 cm³/mol. The summed E-state index contributed by atoms with van der Waals surface area (Å²) in [6.45, 7) is 9.15. The van der Waals surface area contributed by atoms with E-state index in [4.69, 9.17) is 21.1 Å². The molecule has 2 aliphatic rings. The average molecular weight is 339 g/mol. The number of hydrogen-bond donors (Lipinski definition) is 0. The van der Waals surface area contributed by atoms with E-state index >= 15 is 0 Å². The van der Waals surface area contributed by atoms with Gasteiger partial charge in [0.05, 0.1) is 32.5 Å². The monoisotopic (exact) mass is 338 g/mol. The van der Waals surface area contributed by atoms with Gasteiger partial charge in [-0.3, -0.25) is 9.80 Å². The van der Waals surface area contributed by atoms with Crippen molar-refractivity contribution >= 4 is 11.6 Å². The van der Waals surface area contributed by atoms with Crippen LogP contribution in [0.2, 0.25) is 0 Å². The lowest BCUT2D eigenvalue weighted by Gasteiger charge is -2.46. The van der Waals surface area contributed by atoms with Crippen LogP contribution in [-0.2, 0) is 9.47 Å². The Labute approximate surface area is 144 Å². The first kappa shape index (κ1) is 17.2. The highest BCUT2D eigenvalue weighted by atomic mass is 35.5. The molecule has 0 amide bonds. The molecule has 0 N–H and O–H groups in total. The van der Waals surface area contributed by atoms with E-state index in [1.807, 2.05) is 0 Å². The highest BCUT2D eigenvalue weighted by molar-refractivity contribution is 6.20. The Balaban J connectivity index is 1.90. The summed E-state index contributed by atoms with van der Waals surface area (Å²) in [5.41, 5.74) is 1.35. The van der Waals surface area contributed by atoms with Crippen LogP contribution in [0.15, 0.2) is 30.3 Å². The largest absolute Gasteiger partial charge is 0.379 e. The Morgan fingerprint density at radius 3 is 1.91 bits per heavy atom. The first-order valence-corrected chi connectivity index (χ1v) is 9.03. The Hall–Kier alpha value is -0.650. The molecule has 128 valence electrons. The van der Waals surface area contributed by atoms with Crippen molar-refractivity contribution in [3.05, 3.63) is 35.9 Å². The molecule has 1 aromatic carbocycles. The van der Waals surface area contributed by atoms with E-state index < -0.39 is 0 Å². The quantitative estimate of drug-likeness (QED) is 0.770. The first-order chi connectivity index (χ1) is 11.3. The SMILES string of the molecule is CC(Cl)C(C(c1ccccc1)N1CCOCC1)N1CCOCC1. The van der Waals surface area contributed by atoms with Crippen LogP contribution in [0.1, 0.15) is 18.5 Å². The van der Waals surface area contributed by atoms with Crippen LogP contribution in [0.5, 0.6) is 0 Å². The standard InChI is InChI=1S/C18H27ClN2O2/c1-15(19)17(20-7-11-22-12-8-20)18(16-5-3-2-4-6-16)21-9-13-23-14-10-21/h2-6,15,17-18H,7-14H2,1H3. The fraction of sp³-hybridized carbons (Fsp3) is 0.667. The van der Waals surface area contributed by atoms with Gasteiger partial charge < -0.3 is 9.47 Å². The summed E-state index contributed by atoms with van der Waals surface area (Å²) in [6, 6.07) is 11.4. The van der Waals surface area contributed by atoms with Crippen molar-refractivity contribution in [3.8, 4) is 0 Å². The van der Waals surface area contributed by atoms with Crippen LogP contribution in [0, 0.1) is 0 Å². The first-order valence-electron chi connectivity index (χ1n) is 8.60. The fourth-order valence-electron chi connectivity index (χ4n) is 3.75. The van der Waals surface area contributed by atoms with Crippen molar-refractivity contribution in [3.63, 3.8) is 0 Å².